The molecule has 3 aromatic heterocycles. The first-order valence-corrected chi connectivity index (χ1v) is 11.4. The molecule has 164 valence electrons. The fourth-order valence-corrected chi connectivity index (χ4v) is 4.71. The molecule has 1 aliphatic heterocycles. The van der Waals surface area contributed by atoms with Crippen molar-refractivity contribution < 1.29 is 9.21 Å². The number of pyridine rings is 1. The highest BCUT2D eigenvalue weighted by atomic mass is 32.2. The Morgan fingerprint density at radius 1 is 1.06 bits per heavy atom. The van der Waals surface area contributed by atoms with Crippen molar-refractivity contribution in [3.63, 3.8) is 0 Å². The van der Waals surface area contributed by atoms with E-state index in [-0.39, 0.29) is 18.0 Å². The van der Waals surface area contributed by atoms with E-state index in [1.807, 2.05) is 36.4 Å². The number of hydrogen-bond acceptors (Lipinski definition) is 7. The number of benzene rings is 1. The first-order chi connectivity index (χ1) is 16.1. The summed E-state index contributed by atoms with van der Waals surface area (Å²) >= 11 is 6.57. The molecule has 5 rings (SSSR count). The molecule has 0 saturated carbocycles. The maximum atomic E-state index is 13.3. The highest BCUT2D eigenvalue weighted by Gasteiger charge is 2.33. The molecule has 7 nitrogen and oxygen atoms in total. The number of anilines is 1. The van der Waals surface area contributed by atoms with Gasteiger partial charge in [-0.05, 0) is 35.9 Å². The van der Waals surface area contributed by atoms with Gasteiger partial charge < -0.3 is 9.73 Å². The van der Waals surface area contributed by atoms with Gasteiger partial charge >= 0.3 is 0 Å². The van der Waals surface area contributed by atoms with Gasteiger partial charge in [0.05, 0.1) is 23.3 Å². The molecule has 0 aliphatic carbocycles. The second kappa shape index (κ2) is 9.05. The lowest BCUT2D eigenvalue weighted by molar-refractivity contribution is -0.122. The van der Waals surface area contributed by atoms with Crippen LogP contribution in [0.25, 0.3) is 11.7 Å². The summed E-state index contributed by atoms with van der Waals surface area (Å²) in [6, 6.07) is 18.7. The van der Waals surface area contributed by atoms with E-state index in [1.54, 1.807) is 42.8 Å². The van der Waals surface area contributed by atoms with Crippen molar-refractivity contribution >= 4 is 51.7 Å². The van der Waals surface area contributed by atoms with Crippen molar-refractivity contribution in [2.24, 2.45) is 0 Å². The van der Waals surface area contributed by atoms with Gasteiger partial charge in [0.15, 0.2) is 0 Å². The standard InChI is InChI=1S/C24H18N4O3S2/c29-22-18(13-19-23(30)28(24(32)33-19)15-17-9-6-12-31-17)21(25-14-16-7-2-1-3-8-16)26-20-10-4-5-11-27(20)22/h1-13,25H,14-15H2/b19-13-. The number of fused-ring (bicyclic) bond motifs is 1. The molecule has 1 amide bonds. The number of carbonyl (C=O) groups excluding carboxylic acids is 1. The molecule has 4 heterocycles. The van der Waals surface area contributed by atoms with E-state index in [2.05, 4.69) is 10.3 Å². The molecule has 1 N–H and O–H groups in total. The average Bonchev–Trinajstić information content (AvgIpc) is 3.44. The molecule has 1 fully saturated rings. The Balaban J connectivity index is 1.53. The zero-order valence-corrected chi connectivity index (χ0v) is 18.9. The quantitative estimate of drug-likeness (QED) is 0.330. The first kappa shape index (κ1) is 21.2. The lowest BCUT2D eigenvalue weighted by atomic mass is 10.2. The molecule has 4 aromatic rings. The zero-order chi connectivity index (χ0) is 22.8. The van der Waals surface area contributed by atoms with E-state index in [4.69, 9.17) is 16.6 Å². The van der Waals surface area contributed by atoms with Crippen LogP contribution in [0.15, 0.2) is 87.2 Å². The number of hydrogen-bond donors (Lipinski definition) is 1. The molecule has 0 spiro atoms. The lowest BCUT2D eigenvalue weighted by Gasteiger charge is -2.12. The predicted octanol–water partition coefficient (Wildman–Crippen LogP) is 4.30. The van der Waals surface area contributed by atoms with Crippen LogP contribution >= 0.6 is 24.0 Å². The Morgan fingerprint density at radius 2 is 1.88 bits per heavy atom. The summed E-state index contributed by atoms with van der Waals surface area (Å²) in [5, 5.41) is 3.26. The topological polar surface area (TPSA) is 79.9 Å². The lowest BCUT2D eigenvalue weighted by Crippen LogP contribution is -2.27. The third-order valence-electron chi connectivity index (χ3n) is 5.11. The summed E-state index contributed by atoms with van der Waals surface area (Å²) in [7, 11) is 0. The number of furan rings is 1. The van der Waals surface area contributed by atoms with Crippen LogP contribution in [0.1, 0.15) is 16.9 Å². The van der Waals surface area contributed by atoms with Crippen molar-refractivity contribution in [1.82, 2.24) is 14.3 Å². The van der Waals surface area contributed by atoms with Crippen LogP contribution in [0, 0.1) is 0 Å². The summed E-state index contributed by atoms with van der Waals surface area (Å²) in [4.78, 5) is 32.9. The van der Waals surface area contributed by atoms with Gasteiger partial charge in [0, 0.05) is 12.7 Å². The predicted molar refractivity (Wildman–Crippen MR) is 133 cm³/mol. The Kier molecular flexibility index (Phi) is 5.80. The van der Waals surface area contributed by atoms with E-state index in [9.17, 15) is 9.59 Å². The van der Waals surface area contributed by atoms with Gasteiger partial charge in [-0.15, -0.1) is 0 Å². The fraction of sp³-hybridized carbons (Fsp3) is 0.0833. The summed E-state index contributed by atoms with van der Waals surface area (Å²) in [6.07, 6.45) is 4.78. The van der Waals surface area contributed by atoms with Crippen LogP contribution in [0.2, 0.25) is 0 Å². The van der Waals surface area contributed by atoms with Crippen molar-refractivity contribution in [2.75, 3.05) is 5.32 Å². The van der Waals surface area contributed by atoms with E-state index in [0.29, 0.717) is 38.6 Å². The van der Waals surface area contributed by atoms with Gasteiger partial charge in [0.2, 0.25) is 0 Å². The van der Waals surface area contributed by atoms with Gasteiger partial charge in [-0.1, -0.05) is 60.4 Å². The number of nitrogens with one attached hydrogen (secondary N) is 1. The number of carbonyl (C=O) groups is 1. The normalized spacial score (nSPS) is 15.0. The van der Waals surface area contributed by atoms with Gasteiger partial charge in [-0.25, -0.2) is 4.98 Å². The monoisotopic (exact) mass is 474 g/mol. The number of nitrogens with zero attached hydrogens (tertiary/aromatic N) is 3. The Labute approximate surface area is 198 Å². The largest absolute Gasteiger partial charge is 0.467 e. The van der Waals surface area contributed by atoms with Crippen LogP contribution in [-0.4, -0.2) is 24.5 Å². The first-order valence-electron chi connectivity index (χ1n) is 10.2. The highest BCUT2D eigenvalue weighted by Crippen LogP contribution is 2.34. The number of thioether (sulfide) groups is 1. The Morgan fingerprint density at radius 3 is 2.67 bits per heavy atom. The molecule has 9 heteroatoms. The summed E-state index contributed by atoms with van der Waals surface area (Å²) < 4.78 is 7.22. The van der Waals surface area contributed by atoms with Crippen LogP contribution in [0.3, 0.4) is 0 Å². The van der Waals surface area contributed by atoms with Crippen LogP contribution < -0.4 is 10.9 Å². The number of amides is 1. The van der Waals surface area contributed by atoms with Gasteiger partial charge in [0.1, 0.15) is 21.5 Å². The molecule has 1 aliphatic rings. The average molecular weight is 475 g/mol. The third kappa shape index (κ3) is 4.33. The maximum Gasteiger partial charge on any atom is 0.267 e. The molecule has 0 bridgehead atoms. The minimum absolute atomic E-state index is 0.239. The number of rotatable bonds is 6. The van der Waals surface area contributed by atoms with Crippen molar-refractivity contribution in [1.29, 1.82) is 0 Å². The Bertz CT molecular complexity index is 1430. The number of aromatic nitrogens is 2. The van der Waals surface area contributed by atoms with Crippen molar-refractivity contribution in [2.45, 2.75) is 13.1 Å². The molecule has 0 atom stereocenters. The molecule has 1 saturated heterocycles. The summed E-state index contributed by atoms with van der Waals surface area (Å²) in [6.45, 7) is 0.722. The van der Waals surface area contributed by atoms with E-state index in [1.165, 1.54) is 9.30 Å². The van der Waals surface area contributed by atoms with Crippen LogP contribution in [0.4, 0.5) is 5.82 Å². The third-order valence-corrected chi connectivity index (χ3v) is 6.49. The molecule has 1 aromatic carbocycles. The summed E-state index contributed by atoms with van der Waals surface area (Å²) in [5.41, 5.74) is 1.59. The molecule has 0 unspecified atom stereocenters. The minimum atomic E-state index is -0.271. The van der Waals surface area contributed by atoms with Crippen molar-refractivity contribution in [3.05, 3.63) is 105 Å². The van der Waals surface area contributed by atoms with E-state index in [0.717, 1.165) is 17.3 Å². The molecular weight excluding hydrogens is 456 g/mol. The second-order valence-corrected chi connectivity index (χ2v) is 8.97. The van der Waals surface area contributed by atoms with Crippen LogP contribution in [0.5, 0.6) is 0 Å². The Hall–Kier alpha value is -3.69. The van der Waals surface area contributed by atoms with Gasteiger partial charge in [-0.3, -0.25) is 18.9 Å². The minimum Gasteiger partial charge on any atom is -0.467 e. The van der Waals surface area contributed by atoms with Crippen LogP contribution in [-0.2, 0) is 17.9 Å². The van der Waals surface area contributed by atoms with E-state index < -0.39 is 0 Å². The van der Waals surface area contributed by atoms with Crippen molar-refractivity contribution in [3.8, 4) is 0 Å². The van der Waals surface area contributed by atoms with Gasteiger partial charge in [-0.2, -0.15) is 0 Å². The fourth-order valence-electron chi connectivity index (χ4n) is 3.48. The summed E-state index contributed by atoms with van der Waals surface area (Å²) in [5.74, 6) is 0.768. The van der Waals surface area contributed by atoms with Gasteiger partial charge in [0.25, 0.3) is 11.5 Å². The SMILES string of the molecule is O=C1/C(=C/c2c(NCc3ccccc3)nc3ccccn3c2=O)SC(=S)N1Cc1ccco1. The zero-order valence-electron chi connectivity index (χ0n) is 17.3. The second-order valence-electron chi connectivity index (χ2n) is 7.29. The number of thiocarbonyl (C=S) groups is 1. The smallest absolute Gasteiger partial charge is 0.267 e. The molecule has 0 radical (unpaired) electrons. The highest BCUT2D eigenvalue weighted by molar-refractivity contribution is 8.26. The van der Waals surface area contributed by atoms with E-state index >= 15 is 0 Å². The molecule has 33 heavy (non-hydrogen) atoms. The maximum absolute atomic E-state index is 13.3. The molecular formula is C24H18N4O3S2.